The molecule has 0 aliphatic carbocycles. The summed E-state index contributed by atoms with van der Waals surface area (Å²) in [6.07, 6.45) is 5.24. The molecule has 0 spiro atoms. The fourth-order valence-corrected chi connectivity index (χ4v) is 6.08. The Morgan fingerprint density at radius 3 is 2.67 bits per heavy atom. The molecule has 2 bridgehead atoms. The van der Waals surface area contributed by atoms with Crippen molar-refractivity contribution < 1.29 is 9.53 Å². The summed E-state index contributed by atoms with van der Waals surface area (Å²) < 4.78 is 7.25. The predicted octanol–water partition coefficient (Wildman–Crippen LogP) is 3.28. The number of amides is 1. The van der Waals surface area contributed by atoms with E-state index in [1.807, 2.05) is 28.5 Å². The summed E-state index contributed by atoms with van der Waals surface area (Å²) in [4.78, 5) is 32.5. The number of aromatic amines is 1. The third-order valence-corrected chi connectivity index (χ3v) is 7.31. The number of aromatic nitrogens is 2. The number of nitrogens with zero attached hydrogens (tertiary/aromatic N) is 3. The monoisotopic (exact) mass is 412 g/mol. The lowest BCUT2D eigenvalue weighted by Gasteiger charge is -2.39. The van der Waals surface area contributed by atoms with E-state index < -0.39 is 0 Å². The number of H-pyrrole nitrogens is 1. The molecule has 2 aromatic rings. The first-order chi connectivity index (χ1) is 14.5. The van der Waals surface area contributed by atoms with Gasteiger partial charge in [-0.25, -0.2) is 9.59 Å². The fourth-order valence-electron chi connectivity index (χ4n) is 6.08. The van der Waals surface area contributed by atoms with Crippen LogP contribution < -0.4 is 5.69 Å². The van der Waals surface area contributed by atoms with Crippen molar-refractivity contribution in [3.05, 3.63) is 34.2 Å². The van der Waals surface area contributed by atoms with Crippen LogP contribution >= 0.6 is 0 Å². The predicted molar refractivity (Wildman–Crippen MR) is 116 cm³/mol. The van der Waals surface area contributed by atoms with Gasteiger partial charge in [-0.3, -0.25) is 4.57 Å². The lowest BCUT2D eigenvalue weighted by atomic mass is 9.90. The minimum atomic E-state index is -0.126. The highest BCUT2D eigenvalue weighted by atomic mass is 16.6. The van der Waals surface area contributed by atoms with Gasteiger partial charge in [-0.15, -0.1) is 0 Å². The van der Waals surface area contributed by atoms with Gasteiger partial charge in [0.25, 0.3) is 0 Å². The Balaban J connectivity index is 1.24. The minimum absolute atomic E-state index is 0.00300. The molecule has 4 heterocycles. The maximum atomic E-state index is 12.6. The Morgan fingerprint density at radius 1 is 1.17 bits per heavy atom. The summed E-state index contributed by atoms with van der Waals surface area (Å²) >= 11 is 0. The zero-order chi connectivity index (χ0) is 20.8. The first-order valence-corrected chi connectivity index (χ1v) is 11.4. The first-order valence-electron chi connectivity index (χ1n) is 11.4. The Morgan fingerprint density at radius 2 is 1.93 bits per heavy atom. The summed E-state index contributed by atoms with van der Waals surface area (Å²) in [5.41, 5.74) is 3.12. The van der Waals surface area contributed by atoms with Gasteiger partial charge in [-0.05, 0) is 69.6 Å². The number of carbonyl (C=O) groups excluding carboxylic acids is 1. The van der Waals surface area contributed by atoms with Gasteiger partial charge < -0.3 is 19.5 Å². The summed E-state index contributed by atoms with van der Waals surface area (Å²) in [5.74, 6) is 0.619. The first kappa shape index (κ1) is 19.7. The average Bonchev–Trinajstić information content (AvgIpc) is 3.36. The van der Waals surface area contributed by atoms with Crippen LogP contribution in [0, 0.1) is 12.8 Å². The van der Waals surface area contributed by atoms with Crippen LogP contribution in [0.5, 0.6) is 0 Å². The van der Waals surface area contributed by atoms with Crippen LogP contribution in [0.25, 0.3) is 11.0 Å². The summed E-state index contributed by atoms with van der Waals surface area (Å²) in [6.45, 7) is 7.41. The molecule has 3 aliphatic rings. The van der Waals surface area contributed by atoms with E-state index in [4.69, 9.17) is 4.74 Å². The largest absolute Gasteiger partial charge is 0.450 e. The van der Waals surface area contributed by atoms with E-state index in [1.54, 1.807) is 0 Å². The maximum absolute atomic E-state index is 12.6. The second-order valence-electron chi connectivity index (χ2n) is 9.35. The number of rotatable bonds is 4. The van der Waals surface area contributed by atoms with Gasteiger partial charge in [-0.1, -0.05) is 6.07 Å². The quantitative estimate of drug-likeness (QED) is 0.837. The van der Waals surface area contributed by atoms with Crippen LogP contribution in [0.1, 0.15) is 50.6 Å². The van der Waals surface area contributed by atoms with Gasteiger partial charge in [0.1, 0.15) is 0 Å². The van der Waals surface area contributed by atoms with Crippen molar-refractivity contribution in [2.75, 3.05) is 26.2 Å². The second-order valence-corrected chi connectivity index (χ2v) is 9.35. The molecule has 1 aromatic heterocycles. The summed E-state index contributed by atoms with van der Waals surface area (Å²) in [5, 5.41) is 0. The number of benzene rings is 1. The molecule has 1 amide bonds. The zero-order valence-corrected chi connectivity index (χ0v) is 18.0. The van der Waals surface area contributed by atoms with Gasteiger partial charge >= 0.3 is 11.8 Å². The number of imidazole rings is 1. The molecule has 162 valence electrons. The Labute approximate surface area is 177 Å². The van der Waals surface area contributed by atoms with Crippen LogP contribution in [0.15, 0.2) is 23.0 Å². The van der Waals surface area contributed by atoms with Crippen LogP contribution in [0.2, 0.25) is 0 Å². The maximum Gasteiger partial charge on any atom is 0.410 e. The molecule has 30 heavy (non-hydrogen) atoms. The Bertz CT molecular complexity index is 982. The van der Waals surface area contributed by atoms with Gasteiger partial charge in [0.2, 0.25) is 0 Å². The Hall–Kier alpha value is -2.28. The van der Waals surface area contributed by atoms with Gasteiger partial charge in [0.05, 0.1) is 23.7 Å². The third kappa shape index (κ3) is 3.43. The molecule has 1 N–H and O–H groups in total. The molecule has 7 heteroatoms. The topological polar surface area (TPSA) is 70.6 Å². The molecule has 3 saturated heterocycles. The molecule has 1 unspecified atom stereocenters. The van der Waals surface area contributed by atoms with E-state index in [1.165, 1.54) is 5.56 Å². The summed E-state index contributed by atoms with van der Waals surface area (Å²) in [6, 6.07) is 7.06. The standard InChI is InChI=1S/C23H32N4O3/c1-3-30-23(29)26-17-5-6-18(26)12-16(11-17)13-25-9-8-19(14-25)27-21-10-15(2)4-7-20(21)24-22(27)28/h4,7,10,16-19H,3,5-6,8-9,11-14H2,1-2H3,(H,24,28)/t16?,17-,18+,19-/m0/s1. The number of carbonyl (C=O) groups is 1. The molecule has 4 atom stereocenters. The zero-order valence-electron chi connectivity index (χ0n) is 18.0. The fraction of sp³-hybridized carbons (Fsp3) is 0.652. The minimum Gasteiger partial charge on any atom is -0.450 e. The smallest absolute Gasteiger partial charge is 0.410 e. The number of hydrogen-bond acceptors (Lipinski definition) is 4. The van der Waals surface area contributed by atoms with Crippen LogP contribution in [-0.2, 0) is 4.74 Å². The van der Waals surface area contributed by atoms with E-state index in [9.17, 15) is 9.59 Å². The molecular formula is C23H32N4O3. The lowest BCUT2D eigenvalue weighted by molar-refractivity contribution is 0.0546. The summed E-state index contributed by atoms with van der Waals surface area (Å²) in [7, 11) is 0. The van der Waals surface area contributed by atoms with Crippen molar-refractivity contribution in [1.82, 2.24) is 19.4 Å². The molecule has 3 aliphatic heterocycles. The molecule has 0 saturated carbocycles. The van der Waals surface area contributed by atoms with Crippen molar-refractivity contribution >= 4 is 17.1 Å². The normalized spacial score (nSPS) is 29.1. The van der Waals surface area contributed by atoms with Crippen LogP contribution in [0.3, 0.4) is 0 Å². The second kappa shape index (κ2) is 7.76. The highest BCUT2D eigenvalue weighted by molar-refractivity contribution is 5.76. The average molecular weight is 413 g/mol. The van der Waals surface area contributed by atoms with Crippen molar-refractivity contribution in [2.24, 2.45) is 5.92 Å². The lowest BCUT2D eigenvalue weighted by Crippen LogP contribution is -2.48. The highest BCUT2D eigenvalue weighted by Gasteiger charge is 2.44. The van der Waals surface area contributed by atoms with E-state index in [-0.39, 0.29) is 17.8 Å². The van der Waals surface area contributed by atoms with Crippen molar-refractivity contribution in [3.63, 3.8) is 0 Å². The van der Waals surface area contributed by atoms with Crippen molar-refractivity contribution in [1.29, 1.82) is 0 Å². The van der Waals surface area contributed by atoms with E-state index in [2.05, 4.69) is 22.9 Å². The number of fused-ring (bicyclic) bond motifs is 3. The van der Waals surface area contributed by atoms with Gasteiger partial charge in [0.15, 0.2) is 0 Å². The molecular weight excluding hydrogens is 380 g/mol. The van der Waals surface area contributed by atoms with Gasteiger partial charge in [-0.2, -0.15) is 0 Å². The number of likely N-dealkylation sites (tertiary alicyclic amines) is 1. The number of hydrogen-bond donors (Lipinski definition) is 1. The van der Waals surface area contributed by atoms with Gasteiger partial charge in [0, 0.05) is 31.7 Å². The number of piperidine rings is 1. The molecule has 5 rings (SSSR count). The Kier molecular flexibility index (Phi) is 5.09. The van der Waals surface area contributed by atoms with E-state index >= 15 is 0 Å². The number of nitrogens with one attached hydrogen (secondary N) is 1. The van der Waals surface area contributed by atoms with Crippen molar-refractivity contribution in [2.45, 2.75) is 64.1 Å². The SMILES string of the molecule is CCOC(=O)N1[C@@H]2CC[C@H]1CC(CN1CC[C@H](n3c(=O)[nH]c4ccc(C)cc43)C1)C2. The van der Waals surface area contributed by atoms with Crippen molar-refractivity contribution in [3.8, 4) is 0 Å². The van der Waals surface area contributed by atoms with Crippen LogP contribution in [-0.4, -0.2) is 63.8 Å². The molecule has 1 aromatic carbocycles. The van der Waals surface area contributed by atoms with E-state index in [0.29, 0.717) is 24.6 Å². The van der Waals surface area contributed by atoms with E-state index in [0.717, 1.165) is 62.8 Å². The highest BCUT2D eigenvalue weighted by Crippen LogP contribution is 2.40. The molecule has 0 radical (unpaired) electrons. The number of ether oxygens (including phenoxy) is 1. The van der Waals surface area contributed by atoms with Crippen LogP contribution in [0.4, 0.5) is 4.79 Å². The number of aryl methyl sites for hydroxylation is 1. The molecule has 3 fully saturated rings. The molecule has 7 nitrogen and oxygen atoms in total. The third-order valence-electron chi connectivity index (χ3n) is 7.31.